The smallest absolute Gasteiger partial charge is 0.282 e. The highest BCUT2D eigenvalue weighted by Gasteiger charge is 2.19. The van der Waals surface area contributed by atoms with Gasteiger partial charge in [-0.15, -0.1) is 0 Å². The van der Waals surface area contributed by atoms with Crippen LogP contribution in [0.15, 0.2) is 77.3 Å². The highest BCUT2D eigenvalue weighted by Crippen LogP contribution is 2.25. The number of rotatable bonds is 5. The minimum absolute atomic E-state index is 0.00532. The molecule has 1 N–H and O–H groups in total. The zero-order chi connectivity index (χ0) is 19.5. The van der Waals surface area contributed by atoms with Crippen LogP contribution in [0.1, 0.15) is 16.1 Å². The molecule has 1 aromatic heterocycles. The summed E-state index contributed by atoms with van der Waals surface area (Å²) in [5, 5.41) is 19.9. The maximum atomic E-state index is 12.3. The number of hydrogen-bond acceptors (Lipinski definition) is 5. The summed E-state index contributed by atoms with van der Waals surface area (Å²) in [6.45, 7) is 0.0992. The molecule has 3 aromatic carbocycles. The van der Waals surface area contributed by atoms with Gasteiger partial charge in [-0.3, -0.25) is 14.9 Å². The number of aromatic nitrogens is 1. The first-order chi connectivity index (χ1) is 13.6. The van der Waals surface area contributed by atoms with Crippen LogP contribution >= 0.6 is 0 Å². The van der Waals surface area contributed by atoms with Crippen molar-refractivity contribution in [3.63, 3.8) is 0 Å². The quantitative estimate of drug-likeness (QED) is 0.415. The SMILES string of the molecule is O=C(NCc1cc(-c2ccc3ccccc3c2)on1)c1ccccc1[N+](=O)[O-]. The van der Waals surface area contributed by atoms with E-state index >= 15 is 0 Å². The Hall–Kier alpha value is -4.00. The lowest BCUT2D eigenvalue weighted by atomic mass is 10.1. The van der Waals surface area contributed by atoms with E-state index in [-0.39, 0.29) is 17.8 Å². The summed E-state index contributed by atoms with van der Waals surface area (Å²) in [5.74, 6) is 0.0447. The lowest BCUT2D eigenvalue weighted by Gasteiger charge is -2.03. The average molecular weight is 373 g/mol. The molecule has 0 spiro atoms. The first-order valence-corrected chi connectivity index (χ1v) is 8.58. The van der Waals surface area contributed by atoms with Crippen molar-refractivity contribution < 1.29 is 14.2 Å². The van der Waals surface area contributed by atoms with E-state index in [1.54, 1.807) is 12.1 Å². The molecule has 0 radical (unpaired) electrons. The standard InChI is InChI=1S/C21H15N3O4/c25-21(18-7-3-4-8-19(18)24(26)27)22-13-17-12-20(28-23-17)16-10-9-14-5-1-2-6-15(14)11-16/h1-12H,13H2,(H,22,25). The van der Waals surface area contributed by atoms with Crippen molar-refractivity contribution in [2.24, 2.45) is 0 Å². The number of amides is 1. The third-order valence-electron chi connectivity index (χ3n) is 4.37. The van der Waals surface area contributed by atoms with Gasteiger partial charge in [0.2, 0.25) is 0 Å². The summed E-state index contributed by atoms with van der Waals surface area (Å²) in [6.07, 6.45) is 0. The molecule has 0 saturated heterocycles. The van der Waals surface area contributed by atoms with Crippen LogP contribution < -0.4 is 5.32 Å². The van der Waals surface area contributed by atoms with E-state index in [4.69, 9.17) is 4.52 Å². The van der Waals surface area contributed by atoms with E-state index in [1.165, 1.54) is 18.2 Å². The molecule has 28 heavy (non-hydrogen) atoms. The van der Waals surface area contributed by atoms with E-state index in [2.05, 4.69) is 10.5 Å². The maximum absolute atomic E-state index is 12.3. The normalized spacial score (nSPS) is 10.7. The Kier molecular flexibility index (Phi) is 4.55. The van der Waals surface area contributed by atoms with E-state index in [0.29, 0.717) is 11.5 Å². The highest BCUT2D eigenvalue weighted by molar-refractivity contribution is 5.98. The van der Waals surface area contributed by atoms with Crippen LogP contribution in [-0.4, -0.2) is 16.0 Å². The van der Waals surface area contributed by atoms with Crippen molar-refractivity contribution in [2.45, 2.75) is 6.54 Å². The predicted molar refractivity (Wildman–Crippen MR) is 104 cm³/mol. The minimum atomic E-state index is -0.581. The molecule has 0 saturated carbocycles. The lowest BCUT2D eigenvalue weighted by molar-refractivity contribution is -0.385. The van der Waals surface area contributed by atoms with Crippen molar-refractivity contribution in [3.05, 3.63) is 94.2 Å². The van der Waals surface area contributed by atoms with Crippen LogP contribution in [0.2, 0.25) is 0 Å². The number of carbonyl (C=O) groups excluding carboxylic acids is 1. The van der Waals surface area contributed by atoms with Crippen LogP contribution in [0.3, 0.4) is 0 Å². The number of para-hydroxylation sites is 1. The van der Waals surface area contributed by atoms with E-state index in [0.717, 1.165) is 16.3 Å². The molecule has 4 aromatic rings. The Morgan fingerprint density at radius 3 is 2.57 bits per heavy atom. The van der Waals surface area contributed by atoms with Gasteiger partial charge in [0.1, 0.15) is 11.3 Å². The molecule has 0 bridgehead atoms. The molecule has 7 nitrogen and oxygen atoms in total. The van der Waals surface area contributed by atoms with E-state index in [1.807, 2.05) is 42.5 Å². The van der Waals surface area contributed by atoms with Crippen molar-refractivity contribution >= 4 is 22.4 Å². The maximum Gasteiger partial charge on any atom is 0.282 e. The van der Waals surface area contributed by atoms with Crippen LogP contribution in [0.5, 0.6) is 0 Å². The lowest BCUT2D eigenvalue weighted by Crippen LogP contribution is -2.23. The van der Waals surface area contributed by atoms with Gasteiger partial charge >= 0.3 is 0 Å². The van der Waals surface area contributed by atoms with E-state index < -0.39 is 10.8 Å². The largest absolute Gasteiger partial charge is 0.356 e. The minimum Gasteiger partial charge on any atom is -0.356 e. The Morgan fingerprint density at radius 1 is 1.00 bits per heavy atom. The first-order valence-electron chi connectivity index (χ1n) is 8.58. The number of nitrogens with zero attached hydrogens (tertiary/aromatic N) is 2. The molecular weight excluding hydrogens is 358 g/mol. The number of fused-ring (bicyclic) bond motifs is 1. The van der Waals surface area contributed by atoms with Gasteiger partial charge in [0, 0.05) is 17.7 Å². The van der Waals surface area contributed by atoms with Gasteiger partial charge < -0.3 is 9.84 Å². The van der Waals surface area contributed by atoms with Crippen LogP contribution in [0.4, 0.5) is 5.69 Å². The van der Waals surface area contributed by atoms with Crippen molar-refractivity contribution in [2.75, 3.05) is 0 Å². The molecule has 0 unspecified atom stereocenters. The second-order valence-electron chi connectivity index (χ2n) is 6.20. The highest BCUT2D eigenvalue weighted by atomic mass is 16.6. The van der Waals surface area contributed by atoms with Crippen LogP contribution in [0.25, 0.3) is 22.1 Å². The second kappa shape index (κ2) is 7.32. The average Bonchev–Trinajstić information content (AvgIpc) is 3.20. The predicted octanol–water partition coefficient (Wildman–Crippen LogP) is 4.33. The molecule has 0 aliphatic carbocycles. The van der Waals surface area contributed by atoms with Gasteiger partial charge in [-0.05, 0) is 22.9 Å². The summed E-state index contributed by atoms with van der Waals surface area (Å²) >= 11 is 0. The van der Waals surface area contributed by atoms with Gasteiger partial charge in [-0.2, -0.15) is 0 Å². The number of benzene rings is 3. The molecule has 7 heteroatoms. The van der Waals surface area contributed by atoms with Crippen LogP contribution in [-0.2, 0) is 6.54 Å². The van der Waals surface area contributed by atoms with Crippen LogP contribution in [0, 0.1) is 10.1 Å². The molecule has 0 atom stereocenters. The molecule has 138 valence electrons. The molecule has 0 fully saturated rings. The Bertz CT molecular complexity index is 1180. The van der Waals surface area contributed by atoms with Crippen molar-refractivity contribution in [3.8, 4) is 11.3 Å². The second-order valence-corrected chi connectivity index (χ2v) is 6.20. The van der Waals surface area contributed by atoms with Crippen molar-refractivity contribution in [1.82, 2.24) is 10.5 Å². The Balaban J connectivity index is 1.49. The third-order valence-corrected chi connectivity index (χ3v) is 4.37. The summed E-state index contributed by atoms with van der Waals surface area (Å²) < 4.78 is 5.39. The Labute approximate surface area is 159 Å². The first kappa shape index (κ1) is 17.4. The van der Waals surface area contributed by atoms with Gasteiger partial charge in [-0.25, -0.2) is 0 Å². The fourth-order valence-electron chi connectivity index (χ4n) is 2.96. The van der Waals surface area contributed by atoms with Gasteiger partial charge in [-0.1, -0.05) is 53.7 Å². The fraction of sp³-hybridized carbons (Fsp3) is 0.0476. The van der Waals surface area contributed by atoms with Gasteiger partial charge in [0.05, 0.1) is 11.5 Å². The topological polar surface area (TPSA) is 98.3 Å². The summed E-state index contributed by atoms with van der Waals surface area (Å²) in [6, 6.07) is 21.5. The monoisotopic (exact) mass is 373 g/mol. The number of hydrogen-bond donors (Lipinski definition) is 1. The summed E-state index contributed by atoms with van der Waals surface area (Å²) in [5.41, 5.74) is 1.17. The summed E-state index contributed by atoms with van der Waals surface area (Å²) in [4.78, 5) is 22.8. The fourth-order valence-corrected chi connectivity index (χ4v) is 2.96. The zero-order valence-corrected chi connectivity index (χ0v) is 14.7. The molecule has 0 aliphatic rings. The Morgan fingerprint density at radius 2 is 1.75 bits per heavy atom. The summed E-state index contributed by atoms with van der Waals surface area (Å²) in [7, 11) is 0. The van der Waals surface area contributed by atoms with Gasteiger partial charge in [0.15, 0.2) is 5.76 Å². The van der Waals surface area contributed by atoms with Gasteiger partial charge in [0.25, 0.3) is 11.6 Å². The number of nitro groups is 1. The number of nitrogens with one attached hydrogen (secondary N) is 1. The third kappa shape index (κ3) is 3.45. The molecular formula is C21H15N3O4. The molecule has 1 amide bonds. The number of nitro benzene ring substituents is 1. The van der Waals surface area contributed by atoms with Crippen molar-refractivity contribution in [1.29, 1.82) is 0 Å². The molecule has 1 heterocycles. The molecule has 4 rings (SSSR count). The zero-order valence-electron chi connectivity index (χ0n) is 14.7. The molecule has 0 aliphatic heterocycles. The van der Waals surface area contributed by atoms with E-state index in [9.17, 15) is 14.9 Å². The number of carbonyl (C=O) groups is 1.